The first-order valence-electron chi connectivity index (χ1n) is 23.6. The minimum absolute atomic E-state index is 0.0139. The molecular weight excluding hydrogens is 948 g/mol. The van der Waals surface area contributed by atoms with Crippen LogP contribution in [0.4, 0.5) is 0 Å². The topological polar surface area (TPSA) is 221 Å². The lowest BCUT2D eigenvalue weighted by Crippen LogP contribution is -2.28. The molecule has 2 aliphatic carbocycles. The SMILES string of the molecule is CC(C)(C(=O)O)c1ccc(Cl)cc1.CC1CC1C(=O)O.Cc1ccc(CC(=O)O)cc1.Cc1ccc(CCCCc2ccc(CC(=O)O)cc2)cc1.O=C(O)C=Cc1ccc2c(c1)C(=O)c1ccccc1C2=O. The third kappa shape index (κ3) is 19.0. The Balaban J connectivity index is 0.000000208. The van der Waals surface area contributed by atoms with E-state index in [0.29, 0.717) is 38.8 Å². The van der Waals surface area contributed by atoms with E-state index >= 15 is 0 Å². The molecule has 8 rings (SSSR count). The summed E-state index contributed by atoms with van der Waals surface area (Å²) in [7, 11) is 0. The molecule has 73 heavy (non-hydrogen) atoms. The Morgan fingerprint density at radius 3 is 1.38 bits per heavy atom. The molecule has 5 N–H and O–H groups in total. The fourth-order valence-corrected chi connectivity index (χ4v) is 7.46. The summed E-state index contributed by atoms with van der Waals surface area (Å²) >= 11 is 5.69. The van der Waals surface area contributed by atoms with Crippen LogP contribution >= 0.6 is 11.6 Å². The lowest BCUT2D eigenvalue weighted by molar-refractivity contribution is -0.142. The van der Waals surface area contributed by atoms with E-state index in [4.69, 9.17) is 37.1 Å². The van der Waals surface area contributed by atoms with E-state index in [9.17, 15) is 33.6 Å². The van der Waals surface area contributed by atoms with Crippen molar-refractivity contribution in [3.05, 3.63) is 217 Å². The maximum atomic E-state index is 12.5. The number of halogens is 1. The fraction of sp³-hybridized carbons (Fsp3) is 0.250. The van der Waals surface area contributed by atoms with E-state index in [2.05, 4.69) is 31.2 Å². The van der Waals surface area contributed by atoms with Gasteiger partial charge in [0.15, 0.2) is 11.6 Å². The van der Waals surface area contributed by atoms with Crippen LogP contribution < -0.4 is 0 Å². The molecule has 13 heteroatoms. The van der Waals surface area contributed by atoms with Gasteiger partial charge in [-0.3, -0.25) is 28.8 Å². The molecule has 0 heterocycles. The lowest BCUT2D eigenvalue weighted by Gasteiger charge is -2.19. The number of benzene rings is 6. The Hall–Kier alpha value is -7.96. The first-order chi connectivity index (χ1) is 34.5. The highest BCUT2D eigenvalue weighted by Crippen LogP contribution is 2.37. The quantitative estimate of drug-likeness (QED) is 0.0507. The van der Waals surface area contributed by atoms with Crippen LogP contribution in [0.1, 0.15) is 116 Å². The van der Waals surface area contributed by atoms with Gasteiger partial charge in [0.25, 0.3) is 0 Å². The molecule has 1 fully saturated rings. The van der Waals surface area contributed by atoms with Crippen molar-refractivity contribution in [2.75, 3.05) is 0 Å². The zero-order valence-corrected chi connectivity index (χ0v) is 42.3. The van der Waals surface area contributed by atoms with Gasteiger partial charge < -0.3 is 25.5 Å². The molecule has 380 valence electrons. The van der Waals surface area contributed by atoms with E-state index < -0.39 is 35.3 Å². The summed E-state index contributed by atoms with van der Waals surface area (Å²) < 4.78 is 0. The second kappa shape index (κ2) is 27.6. The van der Waals surface area contributed by atoms with Gasteiger partial charge in [0.1, 0.15) is 0 Å². The van der Waals surface area contributed by atoms with E-state index in [1.54, 1.807) is 80.6 Å². The number of carboxylic acid groups (broad SMARTS) is 5. The number of unbranched alkanes of at least 4 members (excludes halogenated alkanes) is 1. The smallest absolute Gasteiger partial charge is 0.328 e. The van der Waals surface area contributed by atoms with Crippen LogP contribution in [-0.4, -0.2) is 66.9 Å². The Labute approximate surface area is 430 Å². The molecule has 1 saturated carbocycles. The summed E-state index contributed by atoms with van der Waals surface area (Å²) in [6.07, 6.45) is 8.00. The van der Waals surface area contributed by atoms with Crippen molar-refractivity contribution in [2.45, 2.75) is 85.0 Å². The van der Waals surface area contributed by atoms with Gasteiger partial charge >= 0.3 is 29.8 Å². The number of aliphatic carboxylic acids is 5. The molecule has 2 aliphatic rings. The summed E-state index contributed by atoms with van der Waals surface area (Å²) in [4.78, 5) is 77.1. The third-order valence-corrected chi connectivity index (χ3v) is 12.3. The van der Waals surface area contributed by atoms with Crippen LogP contribution in [0.2, 0.25) is 5.02 Å². The van der Waals surface area contributed by atoms with Crippen molar-refractivity contribution < 1.29 is 59.1 Å². The van der Waals surface area contributed by atoms with E-state index in [-0.39, 0.29) is 30.3 Å². The van der Waals surface area contributed by atoms with Crippen molar-refractivity contribution in [1.29, 1.82) is 0 Å². The average Bonchev–Trinajstić information content (AvgIpc) is 4.10. The second-order valence-corrected chi connectivity index (χ2v) is 18.8. The van der Waals surface area contributed by atoms with Crippen LogP contribution in [0.25, 0.3) is 6.08 Å². The Morgan fingerprint density at radius 1 is 0.575 bits per heavy atom. The van der Waals surface area contributed by atoms with E-state index in [0.717, 1.165) is 54.0 Å². The monoisotopic (exact) mass is 1010 g/mol. The molecule has 0 bridgehead atoms. The maximum Gasteiger partial charge on any atom is 0.328 e. The van der Waals surface area contributed by atoms with Crippen LogP contribution in [-0.2, 0) is 55.1 Å². The predicted molar refractivity (Wildman–Crippen MR) is 282 cm³/mol. The summed E-state index contributed by atoms with van der Waals surface area (Å²) in [5, 5.41) is 43.6. The molecule has 2 atom stereocenters. The summed E-state index contributed by atoms with van der Waals surface area (Å²) in [6, 6.07) is 42.5. The number of carboxylic acids is 5. The zero-order valence-electron chi connectivity index (χ0n) is 41.5. The molecule has 2 unspecified atom stereocenters. The van der Waals surface area contributed by atoms with E-state index in [1.807, 2.05) is 62.4 Å². The molecule has 0 aromatic heterocycles. The number of carbonyl (C=O) groups is 7. The maximum absolute atomic E-state index is 12.5. The van der Waals surface area contributed by atoms with Crippen molar-refractivity contribution in [2.24, 2.45) is 11.8 Å². The standard InChI is InChI=1S/C19H22O2.C17H10O4.C10H11ClO2.C9H10O2.C5H8O2/c1-15-6-8-16(9-7-15)4-2-3-5-17-10-12-18(13-11-17)14-19(20)21;18-15(19)8-6-10-5-7-13-14(9-10)17(21)12-4-2-1-3-11(12)16(13)20;1-10(2,9(12)13)7-3-5-8(11)6-4-7;1-7-2-4-8(5-3-7)6-9(10)11;1-3-2-4(3)5(6)7/h6-13H,2-5,14H2,1H3,(H,20,21);1-9H,(H,18,19);3-6H,1-2H3,(H,12,13);2-5H,6H2,1H3,(H,10,11);3-4H,2H2,1H3,(H,6,7). The number of hydrogen-bond acceptors (Lipinski definition) is 7. The van der Waals surface area contributed by atoms with Gasteiger partial charge in [-0.1, -0.05) is 145 Å². The molecule has 6 aromatic carbocycles. The molecule has 12 nitrogen and oxygen atoms in total. The fourth-order valence-electron chi connectivity index (χ4n) is 7.34. The van der Waals surface area contributed by atoms with Crippen molar-refractivity contribution in [3.8, 4) is 0 Å². The Kier molecular flexibility index (Phi) is 21.8. The van der Waals surface area contributed by atoms with Gasteiger partial charge in [0.05, 0.1) is 24.2 Å². The number of hydrogen-bond donors (Lipinski definition) is 5. The highest BCUT2D eigenvalue weighted by molar-refractivity contribution is 6.30. The van der Waals surface area contributed by atoms with Crippen LogP contribution in [0, 0.1) is 25.7 Å². The van der Waals surface area contributed by atoms with Gasteiger partial charge in [0.2, 0.25) is 0 Å². The van der Waals surface area contributed by atoms with E-state index in [1.165, 1.54) is 29.2 Å². The molecular formula is C60H61ClO12. The van der Waals surface area contributed by atoms with Crippen molar-refractivity contribution in [3.63, 3.8) is 0 Å². The number of aryl methyl sites for hydroxylation is 4. The first-order valence-corrected chi connectivity index (χ1v) is 24.0. The minimum Gasteiger partial charge on any atom is -0.481 e. The van der Waals surface area contributed by atoms with Crippen LogP contribution in [0.5, 0.6) is 0 Å². The normalized spacial score (nSPS) is 13.9. The first kappa shape index (κ1) is 57.6. The van der Waals surface area contributed by atoms with Gasteiger partial charge in [0, 0.05) is 33.4 Å². The van der Waals surface area contributed by atoms with Crippen molar-refractivity contribution in [1.82, 2.24) is 0 Å². The lowest BCUT2D eigenvalue weighted by atomic mass is 9.83. The summed E-state index contributed by atoms with van der Waals surface area (Å²) in [6.45, 7) is 9.37. The molecule has 6 aromatic rings. The molecule has 0 aliphatic heterocycles. The summed E-state index contributed by atoms with van der Waals surface area (Å²) in [5.74, 6) is -4.07. The van der Waals surface area contributed by atoms with Gasteiger partial charge in [-0.15, -0.1) is 0 Å². The number of rotatable bonds is 14. The number of fused-ring (bicyclic) bond motifs is 2. The average molecular weight is 1010 g/mol. The van der Waals surface area contributed by atoms with Gasteiger partial charge in [-0.25, -0.2) is 4.79 Å². The van der Waals surface area contributed by atoms with Crippen LogP contribution in [0.15, 0.2) is 146 Å². The Bertz CT molecular complexity index is 2900. The molecule has 0 amide bonds. The molecule has 0 saturated heterocycles. The van der Waals surface area contributed by atoms with Crippen LogP contribution in [0.3, 0.4) is 0 Å². The molecule has 0 spiro atoms. The third-order valence-electron chi connectivity index (χ3n) is 12.1. The zero-order chi connectivity index (χ0) is 53.8. The van der Waals surface area contributed by atoms with Gasteiger partial charge in [-0.2, -0.15) is 0 Å². The molecule has 0 radical (unpaired) electrons. The minimum atomic E-state index is -1.07. The Morgan fingerprint density at radius 2 is 0.986 bits per heavy atom. The second-order valence-electron chi connectivity index (χ2n) is 18.4. The van der Waals surface area contributed by atoms with Gasteiger partial charge in [-0.05, 0) is 129 Å². The highest BCUT2D eigenvalue weighted by atomic mass is 35.5. The summed E-state index contributed by atoms with van der Waals surface area (Å²) in [5.41, 5.74) is 8.78. The predicted octanol–water partition coefficient (Wildman–Crippen LogP) is 11.8. The van der Waals surface area contributed by atoms with Crippen molar-refractivity contribution >= 4 is 59.1 Å². The largest absolute Gasteiger partial charge is 0.481 e. The number of carbonyl (C=O) groups excluding carboxylic acids is 2. The highest BCUT2D eigenvalue weighted by Gasteiger charge is 2.39. The number of ketones is 2.